The molecule has 3 aromatic rings. The van der Waals surface area contributed by atoms with Gasteiger partial charge in [0.2, 0.25) is 0 Å². The zero-order chi connectivity index (χ0) is 28.4. The van der Waals surface area contributed by atoms with Gasteiger partial charge < -0.3 is 10.0 Å². The second-order valence-electron chi connectivity index (χ2n) is 11.0. The van der Waals surface area contributed by atoms with Crippen molar-refractivity contribution in [1.82, 2.24) is 9.80 Å². The van der Waals surface area contributed by atoms with Crippen molar-refractivity contribution in [2.75, 3.05) is 26.2 Å². The lowest BCUT2D eigenvalue weighted by Crippen LogP contribution is -2.48. The maximum atomic E-state index is 14.3. The van der Waals surface area contributed by atoms with Crippen molar-refractivity contribution in [3.63, 3.8) is 0 Å². The third-order valence-corrected chi connectivity index (χ3v) is 8.20. The lowest BCUT2D eigenvalue weighted by Gasteiger charge is -2.34. The number of nitrogens with zero attached hydrogens (tertiary/aromatic N) is 3. The smallest absolute Gasteiger partial charge is 0.265 e. The first-order valence-corrected chi connectivity index (χ1v) is 14.1. The van der Waals surface area contributed by atoms with Crippen LogP contribution in [0.3, 0.4) is 0 Å². The van der Waals surface area contributed by atoms with Crippen molar-refractivity contribution >= 4 is 23.3 Å². The number of aliphatic hydroxyl groups is 1. The van der Waals surface area contributed by atoms with Crippen LogP contribution in [0.15, 0.2) is 77.8 Å². The van der Waals surface area contributed by atoms with Crippen LogP contribution in [-0.4, -0.2) is 58.9 Å². The summed E-state index contributed by atoms with van der Waals surface area (Å²) in [6.45, 7) is 6.09. The van der Waals surface area contributed by atoms with E-state index in [1.54, 1.807) is 29.2 Å². The molecule has 5 rings (SSSR count). The fourth-order valence-electron chi connectivity index (χ4n) is 5.87. The number of carbonyl (C=O) groups excluding carboxylic acids is 1. The van der Waals surface area contributed by atoms with Gasteiger partial charge in [-0.3, -0.25) is 9.69 Å². The van der Waals surface area contributed by atoms with E-state index in [1.807, 2.05) is 26.0 Å². The van der Waals surface area contributed by atoms with Gasteiger partial charge in [0.05, 0.1) is 12.6 Å². The van der Waals surface area contributed by atoms with E-state index in [0.717, 1.165) is 31.0 Å². The average Bonchev–Trinajstić information content (AvgIpc) is 3.23. The molecule has 2 aliphatic heterocycles. The zero-order valence-corrected chi connectivity index (χ0v) is 23.5. The summed E-state index contributed by atoms with van der Waals surface area (Å²) in [6, 6.07) is 19.4. The van der Waals surface area contributed by atoms with Crippen LogP contribution in [0.25, 0.3) is 0 Å². The predicted octanol–water partition coefficient (Wildman–Crippen LogP) is 6.00. The molecule has 1 N–H and O–H groups in total. The van der Waals surface area contributed by atoms with E-state index in [4.69, 9.17) is 16.6 Å². The lowest BCUT2D eigenvalue weighted by atomic mass is 9.82. The first-order chi connectivity index (χ1) is 19.2. The molecule has 1 saturated heterocycles. The molecule has 0 bridgehead atoms. The Bertz CT molecular complexity index is 1310. The van der Waals surface area contributed by atoms with Gasteiger partial charge in [0.1, 0.15) is 17.5 Å². The Morgan fingerprint density at radius 1 is 0.900 bits per heavy atom. The number of amides is 1. The largest absolute Gasteiger partial charge is 0.390 e. The average molecular weight is 566 g/mol. The summed E-state index contributed by atoms with van der Waals surface area (Å²) in [7, 11) is 0. The molecule has 0 aromatic heterocycles. The van der Waals surface area contributed by atoms with Gasteiger partial charge in [-0.2, -0.15) is 0 Å². The number of hydrogen-bond acceptors (Lipinski definition) is 4. The Hall–Kier alpha value is -3.13. The van der Waals surface area contributed by atoms with Crippen LogP contribution >= 0.6 is 11.6 Å². The molecule has 5 nitrogen and oxygen atoms in total. The van der Waals surface area contributed by atoms with Crippen molar-refractivity contribution in [3.8, 4) is 0 Å². The standard InChI is InChI=1S/C32H34ClF2N3O2/c1-21(2)30-36-32(24-5-11-27(34)12-6-24,25-7-13-28(35)14-8-25)31(40)38(30)20-29(39)19-37-17-15-23(16-18-37)22-3-9-26(33)10-4-22/h3-14,21,23,29,39H,15-20H2,1-2H3. The molecule has 8 heteroatoms. The number of hydrogen-bond donors (Lipinski definition) is 1. The summed E-state index contributed by atoms with van der Waals surface area (Å²) < 4.78 is 27.7. The van der Waals surface area contributed by atoms with Crippen LogP contribution in [0.5, 0.6) is 0 Å². The number of piperidine rings is 1. The molecular formula is C32H34ClF2N3O2. The fourth-order valence-corrected chi connectivity index (χ4v) is 6.00. The molecule has 0 saturated carbocycles. The number of amidine groups is 1. The zero-order valence-electron chi connectivity index (χ0n) is 22.7. The SMILES string of the molecule is CC(C)C1=NC(c2ccc(F)cc2)(c2ccc(F)cc2)C(=O)N1CC(O)CN1CCC(c2ccc(Cl)cc2)CC1. The van der Waals surface area contributed by atoms with E-state index < -0.39 is 23.3 Å². The summed E-state index contributed by atoms with van der Waals surface area (Å²) in [5.74, 6) is -0.312. The van der Waals surface area contributed by atoms with Crippen LogP contribution in [0.2, 0.25) is 5.02 Å². The second kappa shape index (κ2) is 11.8. The Morgan fingerprint density at radius 2 is 1.43 bits per heavy atom. The topological polar surface area (TPSA) is 56.1 Å². The van der Waals surface area contributed by atoms with Crippen molar-refractivity contribution in [2.24, 2.45) is 10.9 Å². The predicted molar refractivity (Wildman–Crippen MR) is 153 cm³/mol. The van der Waals surface area contributed by atoms with Crippen LogP contribution in [0.4, 0.5) is 8.78 Å². The third kappa shape index (κ3) is 5.69. The van der Waals surface area contributed by atoms with E-state index in [1.165, 1.54) is 29.8 Å². The van der Waals surface area contributed by atoms with Gasteiger partial charge >= 0.3 is 0 Å². The molecular weight excluding hydrogens is 532 g/mol. The molecule has 0 aliphatic carbocycles. The molecule has 1 amide bonds. The molecule has 1 fully saturated rings. The summed E-state index contributed by atoms with van der Waals surface area (Å²) >= 11 is 6.04. The minimum absolute atomic E-state index is 0.0805. The summed E-state index contributed by atoms with van der Waals surface area (Å²) in [5.41, 5.74) is 0.773. The number of likely N-dealkylation sites (tertiary alicyclic amines) is 1. The number of halogens is 3. The molecule has 1 unspecified atom stereocenters. The van der Waals surface area contributed by atoms with E-state index in [9.17, 15) is 18.7 Å². The fraction of sp³-hybridized carbons (Fsp3) is 0.375. The highest BCUT2D eigenvalue weighted by atomic mass is 35.5. The summed E-state index contributed by atoms with van der Waals surface area (Å²) in [5, 5.41) is 11.9. The van der Waals surface area contributed by atoms with Gasteiger partial charge in [-0.25, -0.2) is 13.8 Å². The third-order valence-electron chi connectivity index (χ3n) is 7.95. The van der Waals surface area contributed by atoms with Gasteiger partial charge in [-0.1, -0.05) is 61.8 Å². The Labute approximate surface area is 239 Å². The minimum Gasteiger partial charge on any atom is -0.390 e. The second-order valence-corrected chi connectivity index (χ2v) is 11.5. The number of rotatable bonds is 8. The maximum absolute atomic E-state index is 14.3. The Kier molecular flexibility index (Phi) is 8.36. The number of carbonyl (C=O) groups is 1. The molecule has 3 aromatic carbocycles. The van der Waals surface area contributed by atoms with Gasteiger partial charge in [0.25, 0.3) is 5.91 Å². The van der Waals surface area contributed by atoms with E-state index >= 15 is 0 Å². The Morgan fingerprint density at radius 3 is 1.93 bits per heavy atom. The molecule has 210 valence electrons. The molecule has 0 radical (unpaired) electrons. The highest BCUT2D eigenvalue weighted by Crippen LogP contribution is 2.41. The van der Waals surface area contributed by atoms with Crippen molar-refractivity contribution in [3.05, 3.63) is 106 Å². The van der Waals surface area contributed by atoms with Gasteiger partial charge in [-0.05, 0) is 84.9 Å². The number of aliphatic imine (C=N–C) groups is 1. The van der Waals surface area contributed by atoms with Gasteiger partial charge in [-0.15, -0.1) is 0 Å². The minimum atomic E-state index is -1.49. The van der Waals surface area contributed by atoms with Crippen molar-refractivity contribution < 1.29 is 18.7 Å². The van der Waals surface area contributed by atoms with Gasteiger partial charge in [0, 0.05) is 17.5 Å². The van der Waals surface area contributed by atoms with Crippen LogP contribution < -0.4 is 0 Å². The molecule has 2 aliphatic rings. The number of aliphatic hydroxyl groups excluding tert-OH is 1. The Balaban J connectivity index is 1.34. The number of β-amino-alcohol motifs (C(OH)–C–C–N with tert-alkyl or cyclic N) is 1. The molecule has 0 spiro atoms. The first-order valence-electron chi connectivity index (χ1n) is 13.8. The van der Waals surface area contributed by atoms with Crippen molar-refractivity contribution in [1.29, 1.82) is 0 Å². The van der Waals surface area contributed by atoms with E-state index in [-0.39, 0.29) is 18.4 Å². The van der Waals surface area contributed by atoms with Gasteiger partial charge in [0.15, 0.2) is 5.54 Å². The monoisotopic (exact) mass is 565 g/mol. The van der Waals surface area contributed by atoms with E-state index in [2.05, 4.69) is 17.0 Å². The highest BCUT2D eigenvalue weighted by molar-refractivity contribution is 6.30. The maximum Gasteiger partial charge on any atom is 0.265 e. The van der Waals surface area contributed by atoms with E-state index in [0.29, 0.717) is 29.4 Å². The summed E-state index contributed by atoms with van der Waals surface area (Å²) in [4.78, 5) is 23.0. The lowest BCUT2D eigenvalue weighted by molar-refractivity contribution is -0.131. The normalized spacial score (nSPS) is 18.8. The van der Waals surface area contributed by atoms with Crippen molar-refractivity contribution in [2.45, 2.75) is 44.2 Å². The number of benzene rings is 3. The van der Waals surface area contributed by atoms with Crippen LogP contribution in [0.1, 0.15) is 49.3 Å². The molecule has 40 heavy (non-hydrogen) atoms. The van der Waals surface area contributed by atoms with Crippen LogP contribution in [0, 0.1) is 17.6 Å². The quantitative estimate of drug-likeness (QED) is 0.364. The van der Waals surface area contributed by atoms with Crippen LogP contribution in [-0.2, 0) is 10.3 Å². The molecule has 2 heterocycles. The summed E-state index contributed by atoms with van der Waals surface area (Å²) in [6.07, 6.45) is 1.17. The highest BCUT2D eigenvalue weighted by Gasteiger charge is 2.51. The molecule has 1 atom stereocenters. The first kappa shape index (κ1) is 28.4.